The van der Waals surface area contributed by atoms with Gasteiger partial charge in [0.25, 0.3) is 0 Å². The number of hydrogen-bond donors (Lipinski definition) is 0. The van der Waals surface area contributed by atoms with Gasteiger partial charge in [-0.1, -0.05) is 88.0 Å². The van der Waals surface area contributed by atoms with Crippen LogP contribution in [0.5, 0.6) is 0 Å². The van der Waals surface area contributed by atoms with E-state index in [9.17, 15) is 0 Å². The molecule has 0 aliphatic heterocycles. The molecule has 0 radical (unpaired) electrons. The largest absolute Gasteiger partial charge is 0.244 e. The van der Waals surface area contributed by atoms with Gasteiger partial charge in [0.1, 0.15) is 25.0 Å². The van der Waals surface area contributed by atoms with E-state index in [1.54, 1.807) is 0 Å². The third kappa shape index (κ3) is 4.09. The van der Waals surface area contributed by atoms with Crippen molar-refractivity contribution in [3.8, 4) is 0 Å². The highest BCUT2D eigenvalue weighted by atomic mass is 79.9. The molecule has 10 atom stereocenters. The van der Waals surface area contributed by atoms with Crippen LogP contribution in [0.1, 0.15) is 117 Å². The van der Waals surface area contributed by atoms with Crippen LogP contribution in [0.15, 0.2) is 47.5 Å². The van der Waals surface area contributed by atoms with Crippen LogP contribution in [0, 0.1) is 57.7 Å². The highest BCUT2D eigenvalue weighted by Gasteiger charge is 2.78. The summed E-state index contributed by atoms with van der Waals surface area (Å²) in [5.74, 6) is 6.50. The molecule has 0 saturated heterocycles. The Morgan fingerprint density at radius 1 is 1.00 bits per heavy atom. The number of hydrogen-bond acceptors (Lipinski definition) is 0. The van der Waals surface area contributed by atoms with Crippen molar-refractivity contribution in [3.63, 3.8) is 0 Å². The van der Waals surface area contributed by atoms with E-state index in [0.29, 0.717) is 22.3 Å². The molecule has 1 aromatic carbocycles. The number of imidazole rings is 1. The van der Waals surface area contributed by atoms with E-state index < -0.39 is 0 Å². The molecule has 1 spiro atoms. The van der Waals surface area contributed by atoms with Crippen molar-refractivity contribution >= 4 is 15.9 Å². The van der Waals surface area contributed by atoms with Crippen molar-refractivity contribution in [1.82, 2.24) is 4.57 Å². The number of aromatic nitrogens is 2. The topological polar surface area (TPSA) is 8.81 Å². The zero-order valence-electron chi connectivity index (χ0n) is 25.9. The minimum absolute atomic E-state index is 0.547. The molecule has 0 bridgehead atoms. The first kappa shape index (κ1) is 27.7. The average Bonchev–Trinajstić information content (AvgIpc) is 3.17. The van der Waals surface area contributed by atoms with E-state index in [0.717, 1.165) is 48.0 Å². The Kier molecular flexibility index (Phi) is 6.92. The first-order valence-electron chi connectivity index (χ1n) is 17.0. The van der Waals surface area contributed by atoms with Gasteiger partial charge in [0.05, 0.1) is 0 Å². The predicted octanol–water partition coefficient (Wildman–Crippen LogP) is 9.86. The fourth-order valence-corrected chi connectivity index (χ4v) is 12.6. The van der Waals surface area contributed by atoms with Crippen molar-refractivity contribution in [2.75, 3.05) is 0 Å². The maximum Gasteiger partial charge on any atom is 0.244 e. The summed E-state index contributed by atoms with van der Waals surface area (Å²) in [4.78, 5) is 0. The smallest absolute Gasteiger partial charge is 0.234 e. The third-order valence-corrected chi connectivity index (χ3v) is 14.9. The lowest BCUT2D eigenvalue weighted by atomic mass is 9.44. The van der Waals surface area contributed by atoms with Crippen molar-refractivity contribution < 1.29 is 4.57 Å². The second kappa shape index (κ2) is 9.99. The third-order valence-electron chi connectivity index (χ3n) is 14.2. The Morgan fingerprint density at radius 2 is 1.82 bits per heavy atom. The molecule has 0 N–H and O–H groups in total. The van der Waals surface area contributed by atoms with Crippen LogP contribution in [0.25, 0.3) is 0 Å². The summed E-state index contributed by atoms with van der Waals surface area (Å²) in [6.07, 6.45) is 23.5. The zero-order chi connectivity index (χ0) is 27.9. The average molecular weight is 607 g/mol. The summed E-state index contributed by atoms with van der Waals surface area (Å²) >= 11 is 3.78. The molecule has 1 heterocycles. The Balaban J connectivity index is 1.16. The fourth-order valence-electron chi connectivity index (χ4n) is 12.2. The molecule has 5 aliphatic carbocycles. The number of nitrogens with zero attached hydrogens (tertiary/aromatic N) is 2. The SMILES string of the molecule is CC(C)CCC[C@@H](C)[C@H]1CC[C@H]2[C@@H]3C[C@H](n4cc[n+](Cc5ccccc5Br)c4)[C@]45C[C@H]4CC[C@]5(C)[C@H]3CC[C@]12C. The van der Waals surface area contributed by atoms with Crippen LogP contribution in [-0.2, 0) is 6.54 Å². The van der Waals surface area contributed by atoms with E-state index >= 15 is 0 Å². The highest BCUT2D eigenvalue weighted by Crippen LogP contribution is 2.84. The van der Waals surface area contributed by atoms with Gasteiger partial charge in [-0.25, -0.2) is 9.13 Å². The number of benzene rings is 1. The van der Waals surface area contributed by atoms with Crippen molar-refractivity contribution in [3.05, 3.63) is 53.0 Å². The lowest BCUT2D eigenvalue weighted by Gasteiger charge is -2.60. The summed E-state index contributed by atoms with van der Waals surface area (Å²) < 4.78 is 6.36. The molecule has 1 aromatic heterocycles. The Morgan fingerprint density at radius 3 is 2.60 bits per heavy atom. The summed E-state index contributed by atoms with van der Waals surface area (Å²) in [5.41, 5.74) is 3.05. The molecule has 218 valence electrons. The number of fused-ring (bicyclic) bond motifs is 4. The number of rotatable bonds is 8. The van der Waals surface area contributed by atoms with Crippen molar-refractivity contribution in [2.24, 2.45) is 57.7 Å². The van der Waals surface area contributed by atoms with Gasteiger partial charge in [0.2, 0.25) is 6.33 Å². The van der Waals surface area contributed by atoms with Crippen molar-refractivity contribution in [1.29, 1.82) is 0 Å². The van der Waals surface area contributed by atoms with Gasteiger partial charge in [0.15, 0.2) is 0 Å². The first-order valence-corrected chi connectivity index (χ1v) is 17.8. The molecule has 7 rings (SSSR count). The minimum Gasteiger partial charge on any atom is -0.234 e. The molecule has 2 aromatic rings. The van der Waals surface area contributed by atoms with Gasteiger partial charge in [-0.3, -0.25) is 0 Å². The molecule has 0 unspecified atom stereocenters. The van der Waals surface area contributed by atoms with Gasteiger partial charge in [-0.15, -0.1) is 0 Å². The monoisotopic (exact) mass is 605 g/mol. The molecule has 3 heteroatoms. The summed E-state index contributed by atoms with van der Waals surface area (Å²) in [7, 11) is 0. The Hall–Kier alpha value is -1.09. The van der Waals surface area contributed by atoms with Gasteiger partial charge in [-0.2, -0.15) is 0 Å². The van der Waals surface area contributed by atoms with Crippen LogP contribution in [0.2, 0.25) is 0 Å². The second-order valence-corrected chi connectivity index (χ2v) is 17.0. The van der Waals surface area contributed by atoms with Gasteiger partial charge < -0.3 is 0 Å². The van der Waals surface area contributed by atoms with E-state index in [1.807, 2.05) is 0 Å². The van der Waals surface area contributed by atoms with Gasteiger partial charge in [0, 0.05) is 15.5 Å². The summed E-state index contributed by atoms with van der Waals surface area (Å²) in [5, 5.41) is 0. The Bertz CT molecular complexity index is 1230. The molecule has 0 amide bonds. The van der Waals surface area contributed by atoms with Crippen LogP contribution >= 0.6 is 15.9 Å². The van der Waals surface area contributed by atoms with E-state index in [1.165, 1.54) is 80.7 Å². The zero-order valence-corrected chi connectivity index (χ0v) is 27.5. The summed E-state index contributed by atoms with van der Waals surface area (Å²) in [6, 6.07) is 9.40. The molecular weight excluding hydrogens is 552 g/mol. The van der Waals surface area contributed by atoms with Crippen molar-refractivity contribution in [2.45, 2.75) is 118 Å². The fraction of sp³-hybridized carbons (Fsp3) is 0.757. The maximum atomic E-state index is 3.78. The Labute approximate surface area is 252 Å². The van der Waals surface area contributed by atoms with E-state index in [4.69, 9.17) is 0 Å². The maximum absolute atomic E-state index is 3.78. The molecular formula is C37H54BrN2+. The van der Waals surface area contributed by atoms with Crippen LogP contribution in [-0.4, -0.2) is 4.57 Å². The second-order valence-electron chi connectivity index (χ2n) is 16.2. The standard InChI is InChI=1S/C37H54BrN2/c1-25(2)9-8-10-26(3)30-13-14-31-29-21-34(40-20-19-39(24-40)23-27-11-6-7-12-33(27)38)37-22-28(37)15-18-36(37,5)32(29)16-17-35(30,31)4/h6-7,11-12,19-20,24-26,28-32,34H,8-10,13-18,21-23H2,1-5H3/q+1/t26-,28-,29+,30-,31+,32+,34+,35-,36-,37+/m1/s1. The quantitative estimate of drug-likeness (QED) is 0.265. The summed E-state index contributed by atoms with van der Waals surface area (Å²) in [6.45, 7) is 13.9. The van der Waals surface area contributed by atoms with E-state index in [2.05, 4.69) is 103 Å². The molecule has 5 saturated carbocycles. The first-order chi connectivity index (χ1) is 19.2. The molecule has 5 aliphatic rings. The van der Waals surface area contributed by atoms with Crippen LogP contribution in [0.4, 0.5) is 0 Å². The number of halogens is 1. The molecule has 5 fully saturated rings. The molecule has 40 heavy (non-hydrogen) atoms. The van der Waals surface area contributed by atoms with E-state index in [-0.39, 0.29) is 0 Å². The predicted molar refractivity (Wildman–Crippen MR) is 168 cm³/mol. The lowest BCUT2D eigenvalue weighted by molar-refractivity contribution is -0.688. The lowest BCUT2D eigenvalue weighted by Crippen LogP contribution is -2.55. The normalized spacial score (nSPS) is 42.3. The van der Waals surface area contributed by atoms with Gasteiger partial charge >= 0.3 is 0 Å². The van der Waals surface area contributed by atoms with Crippen LogP contribution < -0.4 is 4.57 Å². The highest BCUT2D eigenvalue weighted by molar-refractivity contribution is 9.10. The molecule has 2 nitrogen and oxygen atoms in total. The van der Waals surface area contributed by atoms with Crippen LogP contribution in [0.3, 0.4) is 0 Å². The minimum atomic E-state index is 0.547. The van der Waals surface area contributed by atoms with Gasteiger partial charge in [-0.05, 0) is 110 Å².